The number of aryl methyl sites for hydroxylation is 1. The average molecular weight is 291 g/mol. The molecule has 0 atom stereocenters. The van der Waals surface area contributed by atoms with Gasteiger partial charge in [-0.05, 0) is 36.2 Å². The van der Waals surface area contributed by atoms with E-state index in [1.165, 1.54) is 0 Å². The van der Waals surface area contributed by atoms with E-state index in [4.69, 9.17) is 0 Å². The highest BCUT2D eigenvalue weighted by Gasteiger charge is 2.07. The molecular formula is C17H17N5. The van der Waals surface area contributed by atoms with Gasteiger partial charge in [0.15, 0.2) is 5.82 Å². The van der Waals surface area contributed by atoms with Gasteiger partial charge in [0.25, 0.3) is 0 Å². The fourth-order valence-corrected chi connectivity index (χ4v) is 2.07. The molecule has 0 amide bonds. The van der Waals surface area contributed by atoms with Gasteiger partial charge in [-0.3, -0.25) is 9.97 Å². The second kappa shape index (κ2) is 6.76. The quantitative estimate of drug-likeness (QED) is 0.782. The van der Waals surface area contributed by atoms with Crippen LogP contribution >= 0.6 is 0 Å². The Bertz CT molecular complexity index is 729. The summed E-state index contributed by atoms with van der Waals surface area (Å²) in [4.78, 5) is 17.5. The largest absolute Gasteiger partial charge is 0.366 e. The lowest BCUT2D eigenvalue weighted by molar-refractivity contribution is 0.986. The Balaban J connectivity index is 1.85. The van der Waals surface area contributed by atoms with Gasteiger partial charge >= 0.3 is 0 Å². The van der Waals surface area contributed by atoms with Crippen molar-refractivity contribution in [2.24, 2.45) is 0 Å². The van der Waals surface area contributed by atoms with Crippen LogP contribution in [0.2, 0.25) is 0 Å². The van der Waals surface area contributed by atoms with Gasteiger partial charge in [-0.25, -0.2) is 9.97 Å². The zero-order valence-corrected chi connectivity index (χ0v) is 12.4. The molecule has 0 unspecified atom stereocenters. The number of rotatable bonds is 5. The Morgan fingerprint density at radius 1 is 1.00 bits per heavy atom. The lowest BCUT2D eigenvalue weighted by atomic mass is 10.2. The summed E-state index contributed by atoms with van der Waals surface area (Å²) in [6.07, 6.45) is 6.18. The van der Waals surface area contributed by atoms with Crippen molar-refractivity contribution in [1.82, 2.24) is 19.9 Å². The van der Waals surface area contributed by atoms with Crippen molar-refractivity contribution in [3.63, 3.8) is 0 Å². The summed E-state index contributed by atoms with van der Waals surface area (Å²) in [5, 5.41) is 3.34. The molecule has 0 fully saturated rings. The van der Waals surface area contributed by atoms with Crippen molar-refractivity contribution in [2.45, 2.75) is 19.9 Å². The number of pyridine rings is 2. The molecule has 3 heterocycles. The fraction of sp³-hybridized carbons (Fsp3) is 0.176. The summed E-state index contributed by atoms with van der Waals surface area (Å²) in [6, 6.07) is 11.7. The number of nitrogens with one attached hydrogen (secondary N) is 1. The normalized spacial score (nSPS) is 10.4. The molecule has 22 heavy (non-hydrogen) atoms. The lowest BCUT2D eigenvalue weighted by Crippen LogP contribution is -2.05. The molecule has 0 saturated carbocycles. The third-order valence-corrected chi connectivity index (χ3v) is 3.26. The lowest BCUT2D eigenvalue weighted by Gasteiger charge is -2.09. The molecule has 0 aliphatic carbocycles. The third kappa shape index (κ3) is 3.44. The maximum Gasteiger partial charge on any atom is 0.180 e. The van der Waals surface area contributed by atoms with Crippen LogP contribution in [0.25, 0.3) is 11.5 Å². The SMILES string of the molecule is CCc1cc(NCc2ccncc2)nc(-c2ccccn2)n1. The fourth-order valence-electron chi connectivity index (χ4n) is 2.07. The van der Waals surface area contributed by atoms with Gasteiger partial charge in [-0.15, -0.1) is 0 Å². The highest BCUT2D eigenvalue weighted by molar-refractivity contribution is 5.53. The van der Waals surface area contributed by atoms with E-state index in [0.29, 0.717) is 12.4 Å². The van der Waals surface area contributed by atoms with Crippen LogP contribution in [0, 0.1) is 0 Å². The molecule has 3 rings (SSSR count). The maximum atomic E-state index is 4.57. The molecule has 0 spiro atoms. The van der Waals surface area contributed by atoms with E-state index in [1.54, 1.807) is 18.6 Å². The first-order valence-electron chi connectivity index (χ1n) is 7.27. The predicted molar refractivity (Wildman–Crippen MR) is 86.2 cm³/mol. The topological polar surface area (TPSA) is 63.6 Å². The van der Waals surface area contributed by atoms with Crippen molar-refractivity contribution in [2.75, 3.05) is 5.32 Å². The Morgan fingerprint density at radius 3 is 2.59 bits per heavy atom. The predicted octanol–water partition coefficient (Wildman–Crippen LogP) is 3.11. The van der Waals surface area contributed by atoms with E-state index < -0.39 is 0 Å². The Morgan fingerprint density at radius 2 is 1.86 bits per heavy atom. The maximum absolute atomic E-state index is 4.57. The van der Waals surface area contributed by atoms with E-state index in [-0.39, 0.29) is 0 Å². The van der Waals surface area contributed by atoms with E-state index in [1.807, 2.05) is 36.4 Å². The minimum atomic E-state index is 0.650. The van der Waals surface area contributed by atoms with E-state index in [0.717, 1.165) is 29.2 Å². The average Bonchev–Trinajstić information content (AvgIpc) is 2.61. The van der Waals surface area contributed by atoms with Crippen LogP contribution in [-0.2, 0) is 13.0 Å². The zero-order valence-electron chi connectivity index (χ0n) is 12.4. The highest BCUT2D eigenvalue weighted by Crippen LogP contribution is 2.16. The summed E-state index contributed by atoms with van der Waals surface area (Å²) < 4.78 is 0. The third-order valence-electron chi connectivity index (χ3n) is 3.26. The number of hydrogen-bond donors (Lipinski definition) is 1. The molecular weight excluding hydrogens is 274 g/mol. The van der Waals surface area contributed by atoms with Gasteiger partial charge in [-0.2, -0.15) is 0 Å². The van der Waals surface area contributed by atoms with Gasteiger partial charge in [0.05, 0.1) is 0 Å². The van der Waals surface area contributed by atoms with Gasteiger partial charge in [0.1, 0.15) is 11.5 Å². The summed E-state index contributed by atoms with van der Waals surface area (Å²) in [5.41, 5.74) is 2.93. The summed E-state index contributed by atoms with van der Waals surface area (Å²) >= 11 is 0. The van der Waals surface area contributed by atoms with E-state index in [9.17, 15) is 0 Å². The Kier molecular flexibility index (Phi) is 4.34. The molecule has 0 aromatic carbocycles. The minimum absolute atomic E-state index is 0.650. The van der Waals surface area contributed by atoms with Crippen LogP contribution in [0.1, 0.15) is 18.2 Å². The molecule has 110 valence electrons. The molecule has 0 aliphatic rings. The van der Waals surface area contributed by atoms with Crippen LogP contribution in [0.3, 0.4) is 0 Å². The molecule has 5 nitrogen and oxygen atoms in total. The molecule has 5 heteroatoms. The van der Waals surface area contributed by atoms with Crippen LogP contribution < -0.4 is 5.32 Å². The molecule has 0 saturated heterocycles. The van der Waals surface area contributed by atoms with E-state index >= 15 is 0 Å². The standard InChI is InChI=1S/C17H17N5/c1-2-14-11-16(20-12-13-6-9-18-10-7-13)22-17(21-14)15-5-3-4-8-19-15/h3-11H,2,12H2,1H3,(H,20,21,22). The first-order chi connectivity index (χ1) is 10.8. The number of hydrogen-bond acceptors (Lipinski definition) is 5. The van der Waals surface area contributed by atoms with Gasteiger partial charge in [0, 0.05) is 36.9 Å². The second-order valence-electron chi connectivity index (χ2n) is 4.85. The molecule has 0 aliphatic heterocycles. The number of aromatic nitrogens is 4. The van der Waals surface area contributed by atoms with Crippen LogP contribution in [0.5, 0.6) is 0 Å². The van der Waals surface area contributed by atoms with Crippen molar-refractivity contribution in [3.8, 4) is 11.5 Å². The molecule has 0 bridgehead atoms. The molecule has 0 radical (unpaired) electrons. The smallest absolute Gasteiger partial charge is 0.180 e. The van der Waals surface area contributed by atoms with Crippen molar-refractivity contribution in [1.29, 1.82) is 0 Å². The number of anilines is 1. The summed E-state index contributed by atoms with van der Waals surface area (Å²) in [7, 11) is 0. The van der Waals surface area contributed by atoms with Crippen molar-refractivity contribution < 1.29 is 0 Å². The van der Waals surface area contributed by atoms with Crippen LogP contribution in [-0.4, -0.2) is 19.9 Å². The minimum Gasteiger partial charge on any atom is -0.366 e. The van der Waals surface area contributed by atoms with Crippen molar-refractivity contribution in [3.05, 3.63) is 66.2 Å². The Hall–Kier alpha value is -2.82. The molecule has 3 aromatic rings. The summed E-state index contributed by atoms with van der Waals surface area (Å²) in [5.74, 6) is 1.46. The zero-order chi connectivity index (χ0) is 15.2. The van der Waals surface area contributed by atoms with Crippen LogP contribution in [0.4, 0.5) is 5.82 Å². The Labute approximate surface area is 129 Å². The summed E-state index contributed by atoms with van der Waals surface area (Å²) in [6.45, 7) is 2.78. The van der Waals surface area contributed by atoms with Gasteiger partial charge < -0.3 is 5.32 Å². The van der Waals surface area contributed by atoms with Crippen molar-refractivity contribution >= 4 is 5.82 Å². The van der Waals surface area contributed by atoms with Gasteiger partial charge in [0.2, 0.25) is 0 Å². The number of nitrogens with zero attached hydrogens (tertiary/aromatic N) is 4. The first kappa shape index (κ1) is 14.1. The van der Waals surface area contributed by atoms with Crippen LogP contribution in [0.15, 0.2) is 55.0 Å². The van der Waals surface area contributed by atoms with Gasteiger partial charge in [-0.1, -0.05) is 13.0 Å². The second-order valence-corrected chi connectivity index (χ2v) is 4.85. The molecule has 3 aromatic heterocycles. The van der Waals surface area contributed by atoms with E-state index in [2.05, 4.69) is 32.2 Å². The monoisotopic (exact) mass is 291 g/mol. The first-order valence-corrected chi connectivity index (χ1v) is 7.27. The highest BCUT2D eigenvalue weighted by atomic mass is 15.0. The molecule has 1 N–H and O–H groups in total.